The molecule has 2 aromatic heterocycles. The summed E-state index contributed by atoms with van der Waals surface area (Å²) in [5, 5.41) is 17.1. The predicted octanol–water partition coefficient (Wildman–Crippen LogP) is 17.8. The molecule has 2 N–H and O–H groups in total. The Morgan fingerprint density at radius 3 is 1.00 bits per heavy atom. The topological polar surface area (TPSA) is 84.7 Å². The maximum atomic E-state index is 8.56. The minimum absolute atomic E-state index is 0. The molecule has 0 bridgehead atoms. The van der Waals surface area contributed by atoms with Crippen LogP contribution in [0.4, 0.5) is 0 Å². The van der Waals surface area contributed by atoms with E-state index in [2.05, 4.69) is 147 Å². The number of rotatable bonds is 30. The molecule has 0 spiro atoms. The Balaban J connectivity index is 0.000000332. The van der Waals surface area contributed by atoms with Crippen molar-refractivity contribution in [2.45, 2.75) is 189 Å². The molecule has 2 atom stereocenters. The number of nitrogens with zero attached hydrogens (tertiary/aromatic N) is 2. The number of benzene rings is 4. The Labute approximate surface area is 450 Å². The first-order chi connectivity index (χ1) is 34.6. The summed E-state index contributed by atoms with van der Waals surface area (Å²) >= 11 is 0. The van der Waals surface area contributed by atoms with E-state index < -0.39 is 0 Å². The average Bonchev–Trinajstić information content (AvgIpc) is 3.38. The second-order valence-electron chi connectivity index (χ2n) is 19.5. The maximum Gasteiger partial charge on any atom is 0.119 e. The Bertz CT molecular complexity index is 2050. The van der Waals surface area contributed by atoms with Gasteiger partial charge in [-0.25, -0.2) is 0 Å². The van der Waals surface area contributed by atoms with Crippen LogP contribution in [0.3, 0.4) is 0 Å². The summed E-state index contributed by atoms with van der Waals surface area (Å²) < 4.78 is 11.9. The van der Waals surface area contributed by atoms with E-state index in [1.807, 2.05) is 24.5 Å². The van der Waals surface area contributed by atoms with Crippen molar-refractivity contribution < 1.29 is 39.8 Å². The van der Waals surface area contributed by atoms with Crippen molar-refractivity contribution in [3.63, 3.8) is 0 Å². The van der Waals surface area contributed by atoms with Crippen LogP contribution in [-0.4, -0.2) is 45.6 Å². The van der Waals surface area contributed by atoms with Gasteiger partial charge in [-0.05, 0) is 91.0 Å². The van der Waals surface area contributed by atoms with E-state index in [-0.39, 0.29) is 32.3 Å². The Hall–Kier alpha value is -4.65. The van der Waals surface area contributed by atoms with Crippen LogP contribution in [0.15, 0.2) is 122 Å². The second-order valence-corrected chi connectivity index (χ2v) is 19.5. The smallest absolute Gasteiger partial charge is 0.119 e. The number of unbranched alkanes of at least 4 members (excludes halogenated alkanes) is 18. The van der Waals surface area contributed by atoms with Crippen molar-refractivity contribution in [3.05, 3.63) is 145 Å². The molecule has 72 heavy (non-hydrogen) atoms. The number of hydrogen-bond acceptors (Lipinski definition) is 6. The molecule has 2 unspecified atom stereocenters. The monoisotopic (exact) mass is 1150 g/mol. The van der Waals surface area contributed by atoms with E-state index in [1.165, 1.54) is 127 Å². The van der Waals surface area contributed by atoms with Crippen LogP contribution in [-0.2, 0) is 20.1 Å². The van der Waals surface area contributed by atoms with Gasteiger partial charge in [-0.15, -0.1) is 70.8 Å². The van der Waals surface area contributed by atoms with Gasteiger partial charge in [0.05, 0.1) is 25.4 Å². The summed E-state index contributed by atoms with van der Waals surface area (Å²) in [5.74, 6) is 1.90. The zero-order chi connectivity index (χ0) is 50.7. The van der Waals surface area contributed by atoms with Crippen LogP contribution in [0.2, 0.25) is 0 Å². The van der Waals surface area contributed by atoms with Gasteiger partial charge < -0.3 is 29.7 Å². The Morgan fingerprint density at radius 2 is 0.736 bits per heavy atom. The van der Waals surface area contributed by atoms with Crippen molar-refractivity contribution in [2.75, 3.05) is 13.2 Å². The van der Waals surface area contributed by atoms with Crippen LogP contribution < -0.4 is 9.47 Å². The minimum Gasteiger partial charge on any atom is -0.494 e. The normalized spacial score (nSPS) is 11.6. The molecule has 6 rings (SSSR count). The zero-order valence-electron chi connectivity index (χ0n) is 44.9. The number of ether oxygens (including phenoxy) is 2. The fraction of sp³-hybridized carbons (Fsp3) is 0.477. The van der Waals surface area contributed by atoms with Crippen molar-refractivity contribution in [3.8, 4) is 56.3 Å². The third-order valence-corrected chi connectivity index (χ3v) is 12.6. The molecule has 4 aromatic carbocycles. The molecular formula is C65H88IrN2O4-2. The third kappa shape index (κ3) is 26.3. The van der Waals surface area contributed by atoms with Gasteiger partial charge in [0, 0.05) is 32.5 Å². The number of aromatic nitrogens is 2. The summed E-state index contributed by atoms with van der Waals surface area (Å²) in [5.41, 5.74) is 10.9. The number of aliphatic hydroxyl groups is 2. The number of pyridine rings is 2. The van der Waals surface area contributed by atoms with E-state index in [1.54, 1.807) is 13.8 Å². The molecule has 0 saturated carbocycles. The molecule has 0 aliphatic rings. The van der Waals surface area contributed by atoms with Gasteiger partial charge in [0.25, 0.3) is 0 Å². The summed E-state index contributed by atoms with van der Waals surface area (Å²) in [6.45, 7) is 13.6. The molecule has 2 heterocycles. The van der Waals surface area contributed by atoms with Crippen LogP contribution >= 0.6 is 0 Å². The number of aliphatic hydroxyl groups excluding tert-OH is 2. The Morgan fingerprint density at radius 1 is 0.417 bits per heavy atom. The number of aryl methyl sites for hydroxylation is 2. The third-order valence-electron chi connectivity index (χ3n) is 12.6. The first-order valence-electron chi connectivity index (χ1n) is 27.4. The molecule has 6 nitrogen and oxygen atoms in total. The number of hydrogen-bond donors (Lipinski definition) is 2. The fourth-order valence-electron chi connectivity index (χ4n) is 8.31. The van der Waals surface area contributed by atoms with Gasteiger partial charge in [0.1, 0.15) is 11.5 Å². The average molecular weight is 1150 g/mol. The first-order valence-corrected chi connectivity index (χ1v) is 27.4. The van der Waals surface area contributed by atoms with E-state index in [0.717, 1.165) is 82.3 Å². The molecule has 0 aliphatic heterocycles. The SMILES string of the molecule is CC(O)CC(C)O.CCCCCCCCCCCCOc1ccc(-c2ccc(-c3[c-]cc(C)cc3)nc2)cc1.CCCCCCCCCCCCOc1ccc(-c2ccc(-c3[c-]cc(C)cc3)nc2)cc1.[Ir]. The standard InChI is InChI=1S/2C30H38NO.C5H12O2.Ir/c2*1-3-4-5-6-7-8-9-10-11-12-23-32-29-20-17-26(18-21-29)28-19-22-30(31-24-28)27-15-13-25(2)14-16-27;1-4(6)3-5(2)7;/h2*13-15,17-22,24H,3-12,23H2,1-2H3;4-7H,3H2,1-2H3;/q2*-1;;. The molecule has 0 amide bonds. The van der Waals surface area contributed by atoms with Gasteiger partial charge in [-0.1, -0.05) is 192 Å². The summed E-state index contributed by atoms with van der Waals surface area (Å²) in [6, 6.07) is 44.0. The summed E-state index contributed by atoms with van der Waals surface area (Å²) in [7, 11) is 0. The van der Waals surface area contributed by atoms with Gasteiger partial charge in [0.15, 0.2) is 0 Å². The van der Waals surface area contributed by atoms with E-state index >= 15 is 0 Å². The van der Waals surface area contributed by atoms with Crippen molar-refractivity contribution >= 4 is 0 Å². The molecule has 1 radical (unpaired) electrons. The second kappa shape index (κ2) is 38.0. The fourth-order valence-corrected chi connectivity index (χ4v) is 8.31. The van der Waals surface area contributed by atoms with Gasteiger partial charge in [-0.3, -0.25) is 0 Å². The van der Waals surface area contributed by atoms with Crippen LogP contribution in [0.1, 0.15) is 174 Å². The Kier molecular flexibility index (Phi) is 32.5. The quantitative estimate of drug-likeness (QED) is 0.0345. The summed E-state index contributed by atoms with van der Waals surface area (Å²) in [4.78, 5) is 9.25. The van der Waals surface area contributed by atoms with Crippen molar-refractivity contribution in [2.24, 2.45) is 0 Å². The van der Waals surface area contributed by atoms with Crippen molar-refractivity contribution in [1.82, 2.24) is 9.97 Å². The molecule has 7 heteroatoms. The van der Waals surface area contributed by atoms with Gasteiger partial charge in [-0.2, -0.15) is 0 Å². The molecule has 0 saturated heterocycles. The largest absolute Gasteiger partial charge is 0.494 e. The van der Waals surface area contributed by atoms with Gasteiger partial charge in [0.2, 0.25) is 0 Å². The van der Waals surface area contributed by atoms with Crippen LogP contribution in [0.5, 0.6) is 11.5 Å². The van der Waals surface area contributed by atoms with Crippen LogP contribution in [0.25, 0.3) is 44.8 Å². The molecule has 393 valence electrons. The molecular weight excluding hydrogens is 1060 g/mol. The predicted molar refractivity (Wildman–Crippen MR) is 300 cm³/mol. The van der Waals surface area contributed by atoms with Crippen LogP contribution in [0, 0.1) is 26.0 Å². The van der Waals surface area contributed by atoms with Crippen molar-refractivity contribution in [1.29, 1.82) is 0 Å². The van der Waals surface area contributed by atoms with E-state index in [0.29, 0.717) is 6.42 Å². The maximum absolute atomic E-state index is 8.56. The van der Waals surface area contributed by atoms with E-state index in [9.17, 15) is 0 Å². The van der Waals surface area contributed by atoms with E-state index in [4.69, 9.17) is 19.7 Å². The molecule has 0 aliphatic carbocycles. The zero-order valence-corrected chi connectivity index (χ0v) is 47.3. The summed E-state index contributed by atoms with van der Waals surface area (Å²) in [6.07, 6.45) is 30.5. The first kappa shape index (κ1) is 61.6. The molecule has 0 fully saturated rings. The van der Waals surface area contributed by atoms with Gasteiger partial charge >= 0.3 is 0 Å². The minimum atomic E-state index is -0.375. The molecule has 6 aromatic rings.